The van der Waals surface area contributed by atoms with Crippen LogP contribution in [-0.2, 0) is 0 Å². The highest BCUT2D eigenvalue weighted by atomic mass is 35.5. The maximum atomic E-state index is 12.4. The minimum atomic E-state index is -0.0917. The van der Waals surface area contributed by atoms with Gasteiger partial charge in [0, 0.05) is 17.0 Å². The van der Waals surface area contributed by atoms with Gasteiger partial charge in [0.2, 0.25) is 0 Å². The number of carbonyl (C=O) groups excluding carboxylic acids is 1. The third-order valence-corrected chi connectivity index (χ3v) is 5.37. The van der Waals surface area contributed by atoms with Crippen LogP contribution in [0.1, 0.15) is 43.5 Å². The molecule has 1 aliphatic heterocycles. The van der Waals surface area contributed by atoms with E-state index in [1.807, 2.05) is 18.4 Å². The van der Waals surface area contributed by atoms with Crippen molar-refractivity contribution in [3.63, 3.8) is 0 Å². The highest BCUT2D eigenvalue weighted by Gasteiger charge is 2.28. The number of rotatable bonds is 5. The quantitative estimate of drug-likeness (QED) is 0.820. The highest BCUT2D eigenvalue weighted by Crippen LogP contribution is 2.24. The lowest BCUT2D eigenvalue weighted by atomic mass is 9.98. The van der Waals surface area contributed by atoms with E-state index in [1.165, 1.54) is 19.3 Å². The summed E-state index contributed by atoms with van der Waals surface area (Å²) in [5.74, 6) is -0.0917. The van der Waals surface area contributed by atoms with Gasteiger partial charge < -0.3 is 5.32 Å². The summed E-state index contributed by atoms with van der Waals surface area (Å²) in [4.78, 5) is 16.0. The molecule has 1 fully saturated rings. The van der Waals surface area contributed by atoms with Gasteiger partial charge >= 0.3 is 0 Å². The fraction of sp³-hybridized carbons (Fsp3) is 0.588. The van der Waals surface area contributed by atoms with Gasteiger partial charge in [0.25, 0.3) is 5.91 Å². The summed E-state index contributed by atoms with van der Waals surface area (Å²) < 4.78 is 0. The lowest BCUT2D eigenvalue weighted by Crippen LogP contribution is -2.53. The molecular weight excluding hydrogens is 316 g/mol. The van der Waals surface area contributed by atoms with Gasteiger partial charge in [-0.1, -0.05) is 18.0 Å². The van der Waals surface area contributed by atoms with E-state index >= 15 is 0 Å². The van der Waals surface area contributed by atoms with Crippen LogP contribution in [0.15, 0.2) is 23.1 Å². The van der Waals surface area contributed by atoms with Crippen LogP contribution in [0.3, 0.4) is 0 Å². The molecule has 0 aliphatic carbocycles. The number of halogens is 1. The summed E-state index contributed by atoms with van der Waals surface area (Å²) in [7, 11) is 0. The van der Waals surface area contributed by atoms with Gasteiger partial charge in [0.15, 0.2) is 0 Å². The minimum absolute atomic E-state index is 0.0281. The van der Waals surface area contributed by atoms with E-state index in [1.54, 1.807) is 17.8 Å². The van der Waals surface area contributed by atoms with E-state index in [2.05, 4.69) is 24.1 Å². The fourth-order valence-corrected chi connectivity index (χ4v) is 3.45. The van der Waals surface area contributed by atoms with Crippen LogP contribution in [0.4, 0.5) is 0 Å². The minimum Gasteiger partial charge on any atom is -0.350 e. The Balaban J connectivity index is 1.99. The first kappa shape index (κ1) is 17.6. The smallest absolute Gasteiger partial charge is 0.252 e. The molecule has 0 aromatic heterocycles. The summed E-state index contributed by atoms with van der Waals surface area (Å²) in [6.45, 7) is 7.25. The van der Waals surface area contributed by atoms with Crippen molar-refractivity contribution in [2.45, 2.75) is 43.5 Å². The van der Waals surface area contributed by atoms with Crippen LogP contribution >= 0.6 is 23.4 Å². The molecule has 122 valence electrons. The molecule has 22 heavy (non-hydrogen) atoms. The molecule has 1 heterocycles. The normalized spacial score (nSPS) is 16.5. The lowest BCUT2D eigenvalue weighted by molar-refractivity contribution is 0.0797. The monoisotopic (exact) mass is 340 g/mol. The van der Waals surface area contributed by atoms with Crippen molar-refractivity contribution in [3.8, 4) is 0 Å². The van der Waals surface area contributed by atoms with Crippen LogP contribution < -0.4 is 5.32 Å². The Bertz CT molecular complexity index is 527. The summed E-state index contributed by atoms with van der Waals surface area (Å²) in [5, 5.41) is 3.56. The number of benzene rings is 1. The second kappa shape index (κ2) is 7.71. The summed E-state index contributed by atoms with van der Waals surface area (Å²) in [6, 6.07) is 5.58. The lowest BCUT2D eigenvalue weighted by Gasteiger charge is -2.41. The molecule has 1 aromatic rings. The van der Waals surface area contributed by atoms with Crippen molar-refractivity contribution >= 4 is 29.3 Å². The molecule has 0 spiro atoms. The number of thioether (sulfide) groups is 1. The fourth-order valence-electron chi connectivity index (χ4n) is 2.81. The van der Waals surface area contributed by atoms with Crippen molar-refractivity contribution in [2.75, 3.05) is 25.9 Å². The maximum Gasteiger partial charge on any atom is 0.252 e. The molecule has 1 N–H and O–H groups in total. The van der Waals surface area contributed by atoms with Crippen molar-refractivity contribution in [1.29, 1.82) is 0 Å². The molecule has 1 aromatic carbocycles. The average Bonchev–Trinajstić information content (AvgIpc) is 2.54. The number of hydrogen-bond acceptors (Lipinski definition) is 3. The molecular formula is C17H25ClN2OS. The van der Waals surface area contributed by atoms with Crippen molar-refractivity contribution in [3.05, 3.63) is 28.8 Å². The van der Waals surface area contributed by atoms with E-state index in [0.717, 1.165) is 18.0 Å². The van der Waals surface area contributed by atoms with Crippen molar-refractivity contribution in [1.82, 2.24) is 10.2 Å². The number of amides is 1. The molecule has 0 atom stereocenters. The van der Waals surface area contributed by atoms with Gasteiger partial charge in [-0.3, -0.25) is 9.69 Å². The van der Waals surface area contributed by atoms with Gasteiger partial charge in [-0.2, -0.15) is 0 Å². The molecule has 1 aliphatic rings. The molecule has 3 nitrogen and oxygen atoms in total. The number of carbonyl (C=O) groups is 1. The van der Waals surface area contributed by atoms with E-state index in [0.29, 0.717) is 17.1 Å². The van der Waals surface area contributed by atoms with Gasteiger partial charge in [-0.25, -0.2) is 0 Å². The Labute approximate surface area is 142 Å². The van der Waals surface area contributed by atoms with Gasteiger partial charge in [0.1, 0.15) is 0 Å². The van der Waals surface area contributed by atoms with E-state index in [4.69, 9.17) is 11.6 Å². The molecule has 0 unspecified atom stereocenters. The second-order valence-corrected chi connectivity index (χ2v) is 7.68. The van der Waals surface area contributed by atoms with Crippen LogP contribution in [-0.4, -0.2) is 42.2 Å². The van der Waals surface area contributed by atoms with Gasteiger partial charge in [0.05, 0.1) is 10.6 Å². The zero-order chi connectivity index (χ0) is 16.2. The Morgan fingerprint density at radius 2 is 2.00 bits per heavy atom. The standard InChI is InChI=1S/C17H25ClN2OS/c1-17(2,20-9-5-4-6-10-20)12-19-16(21)14-11-13(22-3)7-8-15(14)18/h7-8,11H,4-6,9-10,12H2,1-3H3,(H,19,21). The van der Waals surface area contributed by atoms with Crippen LogP contribution in [0.5, 0.6) is 0 Å². The van der Waals surface area contributed by atoms with E-state index in [9.17, 15) is 4.79 Å². The van der Waals surface area contributed by atoms with E-state index < -0.39 is 0 Å². The Morgan fingerprint density at radius 3 is 2.64 bits per heavy atom. The number of hydrogen-bond donors (Lipinski definition) is 1. The first-order valence-corrected chi connectivity index (χ1v) is 9.41. The molecule has 0 saturated carbocycles. The zero-order valence-corrected chi connectivity index (χ0v) is 15.2. The van der Waals surface area contributed by atoms with Crippen molar-refractivity contribution in [2.24, 2.45) is 0 Å². The highest BCUT2D eigenvalue weighted by molar-refractivity contribution is 7.98. The van der Waals surface area contributed by atoms with Crippen molar-refractivity contribution < 1.29 is 4.79 Å². The van der Waals surface area contributed by atoms with Crippen LogP contribution in [0, 0.1) is 0 Å². The third-order valence-electron chi connectivity index (χ3n) is 4.31. The predicted molar refractivity (Wildman–Crippen MR) is 95.1 cm³/mol. The number of nitrogens with one attached hydrogen (secondary N) is 1. The SMILES string of the molecule is CSc1ccc(Cl)c(C(=O)NCC(C)(C)N2CCCCC2)c1. The Kier molecular flexibility index (Phi) is 6.18. The zero-order valence-electron chi connectivity index (χ0n) is 13.6. The van der Waals surface area contributed by atoms with Crippen LogP contribution in [0.2, 0.25) is 5.02 Å². The summed E-state index contributed by atoms with van der Waals surface area (Å²) >= 11 is 7.77. The van der Waals surface area contributed by atoms with Crippen LogP contribution in [0.25, 0.3) is 0 Å². The molecule has 0 radical (unpaired) electrons. The number of nitrogens with zero attached hydrogens (tertiary/aromatic N) is 1. The third kappa shape index (κ3) is 4.40. The maximum absolute atomic E-state index is 12.4. The average molecular weight is 341 g/mol. The first-order chi connectivity index (χ1) is 10.4. The Morgan fingerprint density at radius 1 is 1.32 bits per heavy atom. The largest absolute Gasteiger partial charge is 0.350 e. The van der Waals surface area contributed by atoms with Gasteiger partial charge in [-0.15, -0.1) is 11.8 Å². The predicted octanol–water partition coefficient (Wildman–Crippen LogP) is 4.06. The second-order valence-electron chi connectivity index (χ2n) is 6.39. The number of likely N-dealkylation sites (tertiary alicyclic amines) is 1. The Hall–Kier alpha value is -0.710. The molecule has 1 saturated heterocycles. The molecule has 0 bridgehead atoms. The topological polar surface area (TPSA) is 32.3 Å². The molecule has 1 amide bonds. The first-order valence-electron chi connectivity index (χ1n) is 7.81. The molecule has 5 heteroatoms. The van der Waals surface area contributed by atoms with Gasteiger partial charge in [-0.05, 0) is 64.2 Å². The molecule has 2 rings (SSSR count). The summed E-state index contributed by atoms with van der Waals surface area (Å²) in [6.07, 6.45) is 5.80. The summed E-state index contributed by atoms with van der Waals surface area (Å²) in [5.41, 5.74) is 0.530. The van der Waals surface area contributed by atoms with E-state index in [-0.39, 0.29) is 11.4 Å². The number of piperidine rings is 1.